The van der Waals surface area contributed by atoms with Crippen molar-refractivity contribution in [2.75, 3.05) is 13.1 Å². The molecule has 2 N–H and O–H groups in total. The Morgan fingerprint density at radius 1 is 1.41 bits per heavy atom. The highest BCUT2D eigenvalue weighted by molar-refractivity contribution is 7.19. The molecule has 8 nitrogen and oxygen atoms in total. The van der Waals surface area contributed by atoms with Gasteiger partial charge in [-0.05, 0) is 24.2 Å². The van der Waals surface area contributed by atoms with Crippen LogP contribution in [0.3, 0.4) is 0 Å². The number of carbonyl (C=O) groups is 2. The van der Waals surface area contributed by atoms with E-state index in [-0.39, 0.29) is 28.4 Å². The van der Waals surface area contributed by atoms with E-state index < -0.39 is 6.09 Å². The minimum Gasteiger partial charge on any atom is -0.465 e. The average molecular weight is 412 g/mol. The van der Waals surface area contributed by atoms with Crippen molar-refractivity contribution < 1.29 is 14.7 Å². The maximum atomic E-state index is 12.5. The van der Waals surface area contributed by atoms with Crippen LogP contribution in [0.5, 0.6) is 0 Å². The lowest BCUT2D eigenvalue weighted by molar-refractivity contribution is 0.0402. The number of nitrogens with one attached hydrogen (secondary N) is 1. The molecule has 10 heteroatoms. The summed E-state index contributed by atoms with van der Waals surface area (Å²) in [6.07, 6.45) is 1.89. The molecule has 1 aliphatic heterocycles. The van der Waals surface area contributed by atoms with Gasteiger partial charge in [0.1, 0.15) is 16.7 Å². The SMILES string of the molecule is CC(C)(C)C1CC(CNC(=O)c2nc3c(Cl)ncnc3s2)CCN1C(=O)O. The van der Waals surface area contributed by atoms with Crippen molar-refractivity contribution in [1.29, 1.82) is 0 Å². The number of piperidine rings is 1. The van der Waals surface area contributed by atoms with Gasteiger partial charge in [-0.25, -0.2) is 19.7 Å². The minimum absolute atomic E-state index is 0.0813. The Morgan fingerprint density at radius 3 is 2.78 bits per heavy atom. The maximum Gasteiger partial charge on any atom is 0.407 e. The molecular formula is C17H22ClN5O3S. The molecule has 1 saturated heterocycles. The minimum atomic E-state index is -0.884. The molecule has 0 bridgehead atoms. The molecule has 0 spiro atoms. The third-order valence-corrected chi connectivity index (χ3v) is 6.09. The normalized spacial score (nSPS) is 20.7. The van der Waals surface area contributed by atoms with Crippen molar-refractivity contribution in [1.82, 2.24) is 25.2 Å². The second kappa shape index (κ2) is 7.55. The molecule has 0 aromatic carbocycles. The number of likely N-dealkylation sites (tertiary alicyclic amines) is 1. The molecule has 27 heavy (non-hydrogen) atoms. The predicted molar refractivity (Wildman–Crippen MR) is 103 cm³/mol. The summed E-state index contributed by atoms with van der Waals surface area (Å²) >= 11 is 7.15. The molecule has 0 radical (unpaired) electrons. The van der Waals surface area contributed by atoms with E-state index in [0.29, 0.717) is 34.9 Å². The summed E-state index contributed by atoms with van der Waals surface area (Å²) < 4.78 is 0. The third kappa shape index (κ3) is 4.30. The Hall–Kier alpha value is -2.00. The van der Waals surface area contributed by atoms with Crippen molar-refractivity contribution in [2.24, 2.45) is 11.3 Å². The van der Waals surface area contributed by atoms with E-state index in [0.717, 1.165) is 6.42 Å². The van der Waals surface area contributed by atoms with Crippen molar-refractivity contribution in [3.8, 4) is 0 Å². The molecule has 2 aromatic heterocycles. The van der Waals surface area contributed by atoms with Crippen molar-refractivity contribution in [2.45, 2.75) is 39.7 Å². The predicted octanol–water partition coefficient (Wildman–Crippen LogP) is 3.27. The van der Waals surface area contributed by atoms with Crippen LogP contribution in [0.1, 0.15) is 43.4 Å². The summed E-state index contributed by atoms with van der Waals surface area (Å²) in [5, 5.41) is 12.9. The Kier molecular flexibility index (Phi) is 5.53. The van der Waals surface area contributed by atoms with E-state index in [1.807, 2.05) is 20.8 Å². The second-order valence-corrected chi connectivity index (χ2v) is 9.13. The smallest absolute Gasteiger partial charge is 0.407 e. The molecule has 2 unspecified atom stereocenters. The van der Waals surface area contributed by atoms with Gasteiger partial charge in [-0.3, -0.25) is 4.79 Å². The number of amides is 2. The molecule has 1 fully saturated rings. The molecule has 3 heterocycles. The van der Waals surface area contributed by atoms with Gasteiger partial charge in [0.05, 0.1) is 0 Å². The molecular weight excluding hydrogens is 390 g/mol. The first-order valence-corrected chi connectivity index (χ1v) is 9.91. The summed E-state index contributed by atoms with van der Waals surface area (Å²) in [6.45, 7) is 7.08. The summed E-state index contributed by atoms with van der Waals surface area (Å²) in [6, 6.07) is -0.0813. The molecule has 146 valence electrons. The van der Waals surface area contributed by atoms with E-state index in [2.05, 4.69) is 20.3 Å². The highest BCUT2D eigenvalue weighted by Crippen LogP contribution is 2.34. The monoisotopic (exact) mass is 411 g/mol. The van der Waals surface area contributed by atoms with Gasteiger partial charge < -0.3 is 15.3 Å². The lowest BCUT2D eigenvalue weighted by Crippen LogP contribution is -2.52. The lowest BCUT2D eigenvalue weighted by atomic mass is 9.77. The fourth-order valence-corrected chi connectivity index (χ4v) is 4.47. The van der Waals surface area contributed by atoms with Crippen LogP contribution in [0.2, 0.25) is 5.15 Å². The zero-order valence-electron chi connectivity index (χ0n) is 15.4. The van der Waals surface area contributed by atoms with Crippen LogP contribution in [0.15, 0.2) is 6.33 Å². The number of hydrogen-bond donors (Lipinski definition) is 2. The largest absolute Gasteiger partial charge is 0.465 e. The summed E-state index contributed by atoms with van der Waals surface area (Å²) in [5.74, 6) is -0.0615. The first kappa shape index (κ1) is 19.8. The number of nitrogens with zero attached hydrogens (tertiary/aromatic N) is 4. The van der Waals surface area contributed by atoms with Gasteiger partial charge in [0, 0.05) is 19.1 Å². The second-order valence-electron chi connectivity index (χ2n) is 7.80. The Bertz CT molecular complexity index is 866. The lowest BCUT2D eigenvalue weighted by Gasteiger charge is -2.44. The van der Waals surface area contributed by atoms with Gasteiger partial charge in [0.2, 0.25) is 0 Å². The number of fused-ring (bicyclic) bond motifs is 1. The molecule has 3 rings (SSSR count). The first-order chi connectivity index (χ1) is 12.7. The fourth-order valence-electron chi connectivity index (χ4n) is 3.41. The van der Waals surface area contributed by atoms with E-state index >= 15 is 0 Å². The van der Waals surface area contributed by atoms with Crippen LogP contribution in [0.4, 0.5) is 4.79 Å². The summed E-state index contributed by atoms with van der Waals surface area (Å²) in [5.41, 5.74) is 0.264. The topological polar surface area (TPSA) is 108 Å². The fraction of sp³-hybridized carbons (Fsp3) is 0.588. The number of carboxylic acid groups (broad SMARTS) is 1. The van der Waals surface area contributed by atoms with E-state index in [4.69, 9.17) is 11.6 Å². The van der Waals surface area contributed by atoms with Gasteiger partial charge >= 0.3 is 6.09 Å². The van der Waals surface area contributed by atoms with E-state index in [9.17, 15) is 14.7 Å². The summed E-state index contributed by atoms with van der Waals surface area (Å²) in [4.78, 5) is 38.2. The van der Waals surface area contributed by atoms with Gasteiger partial charge in [0.15, 0.2) is 10.2 Å². The van der Waals surface area contributed by atoms with Crippen LogP contribution in [-0.4, -0.2) is 56.1 Å². The zero-order chi connectivity index (χ0) is 19.8. The Labute approximate surface area is 166 Å². The highest BCUT2D eigenvalue weighted by atomic mass is 35.5. The van der Waals surface area contributed by atoms with Crippen molar-refractivity contribution in [3.63, 3.8) is 0 Å². The molecule has 2 aromatic rings. The molecule has 0 saturated carbocycles. The van der Waals surface area contributed by atoms with Crippen molar-refractivity contribution >= 4 is 45.3 Å². The van der Waals surface area contributed by atoms with Crippen LogP contribution in [0.25, 0.3) is 10.3 Å². The van der Waals surface area contributed by atoms with Crippen LogP contribution >= 0.6 is 22.9 Å². The molecule has 2 amide bonds. The third-order valence-electron chi connectivity index (χ3n) is 4.85. The Balaban J connectivity index is 1.64. The quantitative estimate of drug-likeness (QED) is 0.750. The number of carbonyl (C=O) groups excluding carboxylic acids is 1. The number of thiazole rings is 1. The molecule has 2 atom stereocenters. The average Bonchev–Trinajstić information content (AvgIpc) is 3.04. The summed E-state index contributed by atoms with van der Waals surface area (Å²) in [7, 11) is 0. The van der Waals surface area contributed by atoms with Gasteiger partial charge in [-0.2, -0.15) is 0 Å². The van der Waals surface area contributed by atoms with Gasteiger partial charge in [-0.15, -0.1) is 0 Å². The first-order valence-electron chi connectivity index (χ1n) is 8.71. The zero-order valence-corrected chi connectivity index (χ0v) is 17.0. The Morgan fingerprint density at radius 2 is 2.15 bits per heavy atom. The van der Waals surface area contributed by atoms with Crippen molar-refractivity contribution in [3.05, 3.63) is 16.5 Å². The van der Waals surface area contributed by atoms with E-state index in [1.54, 1.807) is 0 Å². The highest BCUT2D eigenvalue weighted by Gasteiger charge is 2.38. The number of halogens is 1. The van der Waals surface area contributed by atoms with E-state index in [1.165, 1.54) is 22.6 Å². The van der Waals surface area contributed by atoms with Gasteiger partial charge in [0.25, 0.3) is 5.91 Å². The van der Waals surface area contributed by atoms with Crippen LogP contribution in [-0.2, 0) is 0 Å². The number of hydrogen-bond acceptors (Lipinski definition) is 6. The standard InChI is InChI=1S/C17H22ClN5O3S/c1-17(2,3)10-6-9(4-5-23(10)16(25)26)7-19-13(24)15-22-11-12(18)20-8-21-14(11)27-15/h8-10H,4-7H2,1-3H3,(H,19,24)(H,25,26). The molecule has 0 aliphatic carbocycles. The molecule has 1 aliphatic rings. The maximum absolute atomic E-state index is 12.5. The van der Waals surface area contributed by atoms with Gasteiger partial charge in [-0.1, -0.05) is 43.7 Å². The number of aromatic nitrogens is 3. The van der Waals surface area contributed by atoms with Crippen LogP contribution in [0, 0.1) is 11.3 Å². The number of rotatable bonds is 3. The van der Waals surface area contributed by atoms with Crippen LogP contribution < -0.4 is 5.32 Å².